The second-order valence-electron chi connectivity index (χ2n) is 6.20. The fourth-order valence-corrected chi connectivity index (χ4v) is 2.32. The summed E-state index contributed by atoms with van der Waals surface area (Å²) in [6.45, 7) is -0.182. The Labute approximate surface area is 157 Å². The zero-order valence-corrected chi connectivity index (χ0v) is 15.3. The van der Waals surface area contributed by atoms with Crippen molar-refractivity contribution in [1.29, 1.82) is 0 Å². The van der Waals surface area contributed by atoms with Crippen LogP contribution < -0.4 is 15.5 Å². The maximum Gasteiger partial charge on any atom is 0.243 e. The van der Waals surface area contributed by atoms with Crippen molar-refractivity contribution in [2.45, 2.75) is 12.8 Å². The van der Waals surface area contributed by atoms with Gasteiger partial charge in [-0.25, -0.2) is 4.39 Å². The fourth-order valence-electron chi connectivity index (χ4n) is 2.32. The number of Topliss-reactive ketones (excluding diaryl/α,β-unsaturated/α-hetero) is 1. The third-order valence-electron chi connectivity index (χ3n) is 3.86. The molecule has 7 heteroatoms. The number of carbonyl (C=O) groups is 3. The lowest BCUT2D eigenvalue weighted by Crippen LogP contribution is -2.33. The Kier molecular flexibility index (Phi) is 7.05. The molecule has 0 radical (unpaired) electrons. The lowest BCUT2D eigenvalue weighted by molar-refractivity contribution is -0.124. The van der Waals surface area contributed by atoms with Gasteiger partial charge in [0.25, 0.3) is 0 Å². The summed E-state index contributed by atoms with van der Waals surface area (Å²) in [6.07, 6.45) is -0.0495. The van der Waals surface area contributed by atoms with Crippen LogP contribution in [0, 0.1) is 5.82 Å². The van der Waals surface area contributed by atoms with Crippen molar-refractivity contribution >= 4 is 29.0 Å². The number of benzene rings is 2. The molecule has 2 rings (SSSR count). The molecule has 2 N–H and O–H groups in total. The Morgan fingerprint density at radius 1 is 0.889 bits per heavy atom. The molecule has 6 nitrogen and oxygen atoms in total. The van der Waals surface area contributed by atoms with Crippen LogP contribution in [0.5, 0.6) is 0 Å². The first kappa shape index (κ1) is 20.1. The zero-order chi connectivity index (χ0) is 19.8. The summed E-state index contributed by atoms with van der Waals surface area (Å²) in [5.41, 5.74) is 1.99. The minimum atomic E-state index is -0.424. The van der Waals surface area contributed by atoms with E-state index in [1.807, 2.05) is 31.1 Å². The summed E-state index contributed by atoms with van der Waals surface area (Å²) in [4.78, 5) is 37.6. The lowest BCUT2D eigenvalue weighted by atomic mass is 10.1. The Morgan fingerprint density at radius 2 is 1.52 bits per heavy atom. The molecule has 0 fully saturated rings. The third kappa shape index (κ3) is 6.54. The van der Waals surface area contributed by atoms with Gasteiger partial charge in [-0.15, -0.1) is 0 Å². The van der Waals surface area contributed by atoms with Crippen molar-refractivity contribution < 1.29 is 18.8 Å². The summed E-state index contributed by atoms with van der Waals surface area (Å²) in [6, 6.07) is 12.4. The Bertz CT molecular complexity index is 802. The number of nitrogens with zero attached hydrogens (tertiary/aromatic N) is 1. The molecule has 2 aromatic rings. The maximum absolute atomic E-state index is 12.8. The summed E-state index contributed by atoms with van der Waals surface area (Å²) < 4.78 is 12.8. The van der Waals surface area contributed by atoms with Crippen LogP contribution in [0.1, 0.15) is 23.2 Å². The summed E-state index contributed by atoms with van der Waals surface area (Å²) >= 11 is 0. The highest BCUT2D eigenvalue weighted by molar-refractivity contribution is 5.98. The molecule has 142 valence electrons. The lowest BCUT2D eigenvalue weighted by Gasteiger charge is -2.13. The molecule has 0 saturated carbocycles. The summed E-state index contributed by atoms with van der Waals surface area (Å²) in [5, 5.41) is 5.16. The molecule has 0 aliphatic rings. The highest BCUT2D eigenvalue weighted by atomic mass is 19.1. The van der Waals surface area contributed by atoms with Crippen LogP contribution in [0.25, 0.3) is 0 Å². The molecule has 2 amide bonds. The Morgan fingerprint density at radius 3 is 2.11 bits per heavy atom. The highest BCUT2D eigenvalue weighted by Crippen LogP contribution is 2.15. The molecule has 0 aromatic heterocycles. The first-order valence-electron chi connectivity index (χ1n) is 8.48. The molecule has 0 bridgehead atoms. The van der Waals surface area contributed by atoms with E-state index in [0.29, 0.717) is 11.3 Å². The van der Waals surface area contributed by atoms with Gasteiger partial charge in [0.1, 0.15) is 5.82 Å². The van der Waals surface area contributed by atoms with Gasteiger partial charge in [0, 0.05) is 43.9 Å². The molecule has 0 heterocycles. The third-order valence-corrected chi connectivity index (χ3v) is 3.86. The van der Waals surface area contributed by atoms with Crippen molar-refractivity contribution in [2.24, 2.45) is 0 Å². The number of nitrogens with one attached hydrogen (secondary N) is 2. The van der Waals surface area contributed by atoms with Crippen LogP contribution in [-0.2, 0) is 9.59 Å². The van der Waals surface area contributed by atoms with Crippen molar-refractivity contribution in [3.05, 3.63) is 59.9 Å². The molecule has 2 aromatic carbocycles. The van der Waals surface area contributed by atoms with Gasteiger partial charge < -0.3 is 15.5 Å². The molecule has 0 saturated heterocycles. The smallest absolute Gasteiger partial charge is 0.243 e. The van der Waals surface area contributed by atoms with Crippen LogP contribution >= 0.6 is 0 Å². The van der Waals surface area contributed by atoms with Crippen LogP contribution in [0.4, 0.5) is 15.8 Å². The normalized spacial score (nSPS) is 10.2. The second-order valence-corrected chi connectivity index (χ2v) is 6.20. The summed E-state index contributed by atoms with van der Waals surface area (Å²) in [5.74, 6) is -1.43. The number of halogens is 1. The number of hydrogen-bond donors (Lipinski definition) is 2. The van der Waals surface area contributed by atoms with Crippen molar-refractivity contribution in [3.8, 4) is 0 Å². The van der Waals surface area contributed by atoms with E-state index in [9.17, 15) is 18.8 Å². The van der Waals surface area contributed by atoms with Crippen LogP contribution in [0.2, 0.25) is 0 Å². The highest BCUT2D eigenvalue weighted by Gasteiger charge is 2.11. The topological polar surface area (TPSA) is 78.5 Å². The average molecular weight is 371 g/mol. The van der Waals surface area contributed by atoms with Crippen molar-refractivity contribution in [1.82, 2.24) is 5.32 Å². The van der Waals surface area contributed by atoms with Gasteiger partial charge in [-0.1, -0.05) is 0 Å². The Balaban J connectivity index is 1.72. The minimum absolute atomic E-state index is 0.00885. The molecule has 0 aliphatic carbocycles. The molecule has 0 atom stereocenters. The number of hydrogen-bond acceptors (Lipinski definition) is 4. The van der Waals surface area contributed by atoms with Crippen molar-refractivity contribution in [2.75, 3.05) is 30.9 Å². The van der Waals surface area contributed by atoms with Gasteiger partial charge >= 0.3 is 0 Å². The Hall–Kier alpha value is -3.22. The first-order valence-corrected chi connectivity index (χ1v) is 8.48. The van der Waals surface area contributed by atoms with Crippen LogP contribution in [-0.4, -0.2) is 38.2 Å². The van der Waals surface area contributed by atoms with E-state index in [1.165, 1.54) is 24.3 Å². The number of rotatable bonds is 8. The van der Waals surface area contributed by atoms with Crippen molar-refractivity contribution in [3.63, 3.8) is 0 Å². The van der Waals surface area contributed by atoms with Gasteiger partial charge in [0.2, 0.25) is 11.8 Å². The van der Waals surface area contributed by atoms with E-state index in [4.69, 9.17) is 0 Å². The van der Waals surface area contributed by atoms with E-state index >= 15 is 0 Å². The maximum atomic E-state index is 12.8. The molecular weight excluding hydrogens is 349 g/mol. The number of anilines is 2. The van der Waals surface area contributed by atoms with E-state index < -0.39 is 11.7 Å². The van der Waals surface area contributed by atoms with E-state index in [-0.39, 0.29) is 31.1 Å². The van der Waals surface area contributed by atoms with Gasteiger partial charge in [-0.05, 0) is 48.5 Å². The zero-order valence-electron chi connectivity index (χ0n) is 15.3. The predicted molar refractivity (Wildman–Crippen MR) is 102 cm³/mol. The van der Waals surface area contributed by atoms with Gasteiger partial charge in [0.05, 0.1) is 6.54 Å². The quantitative estimate of drug-likeness (QED) is 0.699. The molecular formula is C20H22FN3O3. The van der Waals surface area contributed by atoms with E-state index in [1.54, 1.807) is 12.1 Å². The number of ketones is 1. The average Bonchev–Trinajstić information content (AvgIpc) is 2.65. The second kappa shape index (κ2) is 9.47. The van der Waals surface area contributed by atoms with Gasteiger partial charge in [-0.3, -0.25) is 14.4 Å². The number of carbonyl (C=O) groups excluding carboxylic acids is 3. The van der Waals surface area contributed by atoms with Gasteiger partial charge in [-0.2, -0.15) is 0 Å². The van der Waals surface area contributed by atoms with Crippen LogP contribution in [0.15, 0.2) is 48.5 Å². The van der Waals surface area contributed by atoms with E-state index in [2.05, 4.69) is 10.6 Å². The molecule has 0 aliphatic heterocycles. The standard InChI is InChI=1S/C20H22FN3O3/c1-24(2)17-9-7-16(8-10-17)23-20(27)13-22-19(26)12-11-18(25)14-3-5-15(21)6-4-14/h3-10H,11-13H2,1-2H3,(H,22,26)(H,23,27). The largest absolute Gasteiger partial charge is 0.378 e. The molecule has 27 heavy (non-hydrogen) atoms. The summed E-state index contributed by atoms with van der Waals surface area (Å²) in [7, 11) is 3.84. The molecule has 0 spiro atoms. The minimum Gasteiger partial charge on any atom is -0.378 e. The SMILES string of the molecule is CN(C)c1ccc(NC(=O)CNC(=O)CCC(=O)c2ccc(F)cc2)cc1. The monoisotopic (exact) mass is 371 g/mol. The number of amides is 2. The van der Waals surface area contributed by atoms with Gasteiger partial charge in [0.15, 0.2) is 5.78 Å². The molecule has 0 unspecified atom stereocenters. The predicted octanol–water partition coefficient (Wildman–Crippen LogP) is 2.61. The first-order chi connectivity index (χ1) is 12.8. The van der Waals surface area contributed by atoms with E-state index in [0.717, 1.165) is 5.69 Å². The fraction of sp³-hybridized carbons (Fsp3) is 0.250. The van der Waals surface area contributed by atoms with Crippen LogP contribution in [0.3, 0.4) is 0 Å².